The third-order valence-corrected chi connectivity index (χ3v) is 3.44. The standard InChI is InChI=1S/C9H17O5P/c1-9(2,3)6-7(8(10)11)15(12,13-4)14-5/h6H,1-5H3,(H,10,11). The van der Waals surface area contributed by atoms with Crippen LogP contribution in [0.15, 0.2) is 11.4 Å². The Balaban J connectivity index is 5.44. The molecule has 0 aliphatic heterocycles. The molecule has 0 fully saturated rings. The van der Waals surface area contributed by atoms with Gasteiger partial charge in [0, 0.05) is 14.2 Å². The van der Waals surface area contributed by atoms with E-state index in [0.29, 0.717) is 0 Å². The molecule has 6 heteroatoms. The second kappa shape index (κ2) is 4.92. The highest BCUT2D eigenvalue weighted by Crippen LogP contribution is 2.55. The van der Waals surface area contributed by atoms with E-state index in [0.717, 1.165) is 14.2 Å². The smallest absolute Gasteiger partial charge is 0.367 e. The minimum atomic E-state index is -3.68. The zero-order chi connectivity index (χ0) is 12.3. The third kappa shape index (κ3) is 4.16. The Morgan fingerprint density at radius 2 is 1.67 bits per heavy atom. The summed E-state index contributed by atoms with van der Waals surface area (Å²) in [6.07, 6.45) is 1.38. The molecule has 5 nitrogen and oxygen atoms in total. The highest BCUT2D eigenvalue weighted by molar-refractivity contribution is 7.59. The van der Waals surface area contributed by atoms with Gasteiger partial charge in [-0.05, 0) is 5.41 Å². The van der Waals surface area contributed by atoms with Crippen molar-refractivity contribution in [1.29, 1.82) is 0 Å². The topological polar surface area (TPSA) is 72.8 Å². The number of rotatable bonds is 4. The zero-order valence-electron chi connectivity index (χ0n) is 9.60. The van der Waals surface area contributed by atoms with E-state index in [1.807, 2.05) is 0 Å². The molecule has 0 rings (SSSR count). The maximum atomic E-state index is 11.9. The van der Waals surface area contributed by atoms with E-state index in [1.165, 1.54) is 6.08 Å². The van der Waals surface area contributed by atoms with Crippen LogP contribution in [0.5, 0.6) is 0 Å². The van der Waals surface area contributed by atoms with Gasteiger partial charge in [0.05, 0.1) is 0 Å². The molecule has 0 amide bonds. The summed E-state index contributed by atoms with van der Waals surface area (Å²) < 4.78 is 21.2. The minimum Gasteiger partial charge on any atom is -0.477 e. The molecule has 0 unspecified atom stereocenters. The van der Waals surface area contributed by atoms with Crippen molar-refractivity contribution in [3.8, 4) is 0 Å². The molecule has 0 spiro atoms. The zero-order valence-corrected chi connectivity index (χ0v) is 10.5. The molecule has 0 saturated heterocycles. The van der Waals surface area contributed by atoms with Crippen LogP contribution in [0.3, 0.4) is 0 Å². The van der Waals surface area contributed by atoms with Crippen molar-refractivity contribution < 1.29 is 23.5 Å². The molecule has 0 atom stereocenters. The monoisotopic (exact) mass is 236 g/mol. The number of allylic oxidation sites excluding steroid dienone is 1. The van der Waals surface area contributed by atoms with E-state index in [2.05, 4.69) is 9.05 Å². The van der Waals surface area contributed by atoms with Gasteiger partial charge in [-0.3, -0.25) is 4.57 Å². The molecular formula is C9H17O5P. The van der Waals surface area contributed by atoms with Crippen LogP contribution in [0, 0.1) is 5.41 Å². The first kappa shape index (κ1) is 14.4. The fraction of sp³-hybridized carbons (Fsp3) is 0.667. The first-order valence-electron chi connectivity index (χ1n) is 4.34. The summed E-state index contributed by atoms with van der Waals surface area (Å²) in [5, 5.41) is 8.60. The molecule has 15 heavy (non-hydrogen) atoms. The lowest BCUT2D eigenvalue weighted by Gasteiger charge is -2.18. The van der Waals surface area contributed by atoms with E-state index in [-0.39, 0.29) is 5.31 Å². The van der Waals surface area contributed by atoms with Gasteiger partial charge >= 0.3 is 13.6 Å². The normalized spacial score (nSPS) is 14.1. The second-order valence-electron chi connectivity index (χ2n) is 4.06. The van der Waals surface area contributed by atoms with Crippen LogP contribution < -0.4 is 0 Å². The number of carboxylic acids is 1. The van der Waals surface area contributed by atoms with Gasteiger partial charge in [-0.2, -0.15) is 0 Å². The lowest BCUT2D eigenvalue weighted by molar-refractivity contribution is -0.132. The molecule has 0 heterocycles. The maximum Gasteiger partial charge on any atom is 0.367 e. The molecule has 1 N–H and O–H groups in total. The van der Waals surface area contributed by atoms with Gasteiger partial charge in [-0.15, -0.1) is 0 Å². The quantitative estimate of drug-likeness (QED) is 0.599. The van der Waals surface area contributed by atoms with Crippen LogP contribution in [-0.4, -0.2) is 25.3 Å². The summed E-state index contributed by atoms with van der Waals surface area (Å²) in [4.78, 5) is 10.9. The average molecular weight is 236 g/mol. The van der Waals surface area contributed by atoms with Gasteiger partial charge in [0.1, 0.15) is 5.31 Å². The van der Waals surface area contributed by atoms with Gasteiger partial charge in [0.2, 0.25) is 0 Å². The summed E-state index contributed by atoms with van der Waals surface area (Å²) in [5.74, 6) is -1.29. The van der Waals surface area contributed by atoms with Gasteiger partial charge in [0.25, 0.3) is 0 Å². The van der Waals surface area contributed by atoms with Crippen molar-refractivity contribution in [3.05, 3.63) is 11.4 Å². The summed E-state index contributed by atoms with van der Waals surface area (Å²) in [6.45, 7) is 5.39. The first-order valence-corrected chi connectivity index (χ1v) is 5.89. The van der Waals surface area contributed by atoms with Crippen molar-refractivity contribution in [2.24, 2.45) is 5.41 Å². The molecule has 0 aromatic rings. The van der Waals surface area contributed by atoms with Crippen LogP contribution in [-0.2, 0) is 18.4 Å². The van der Waals surface area contributed by atoms with E-state index in [1.54, 1.807) is 20.8 Å². The fourth-order valence-corrected chi connectivity index (χ4v) is 2.26. The predicted octanol–water partition coefficient (Wildman–Crippen LogP) is 2.49. The minimum absolute atomic E-state index is 0.333. The number of hydrogen-bond donors (Lipinski definition) is 1. The van der Waals surface area contributed by atoms with Crippen molar-refractivity contribution in [2.75, 3.05) is 14.2 Å². The molecule has 88 valence electrons. The Kier molecular flexibility index (Phi) is 4.71. The molecule has 0 saturated carbocycles. The summed E-state index contributed by atoms with van der Waals surface area (Å²) in [7, 11) is -1.37. The van der Waals surface area contributed by atoms with Gasteiger partial charge < -0.3 is 14.2 Å². The van der Waals surface area contributed by atoms with Crippen LogP contribution in [0.2, 0.25) is 0 Å². The summed E-state index contributed by atoms with van der Waals surface area (Å²) in [6, 6.07) is 0. The predicted molar refractivity (Wildman–Crippen MR) is 56.8 cm³/mol. The van der Waals surface area contributed by atoms with E-state index < -0.39 is 19.0 Å². The molecular weight excluding hydrogens is 219 g/mol. The highest BCUT2D eigenvalue weighted by atomic mass is 31.2. The molecule has 0 aliphatic carbocycles. The van der Waals surface area contributed by atoms with E-state index in [4.69, 9.17) is 5.11 Å². The number of hydrogen-bond acceptors (Lipinski definition) is 4. The Morgan fingerprint density at radius 1 is 1.27 bits per heavy atom. The highest BCUT2D eigenvalue weighted by Gasteiger charge is 2.34. The Hall–Kier alpha value is -0.640. The van der Waals surface area contributed by atoms with Gasteiger partial charge in [-0.25, -0.2) is 4.79 Å². The second-order valence-corrected chi connectivity index (χ2v) is 6.27. The maximum absolute atomic E-state index is 11.9. The molecule has 0 aliphatic rings. The number of carboxylic acid groups (broad SMARTS) is 1. The average Bonchev–Trinajstić information content (AvgIpc) is 2.11. The SMILES string of the molecule is COP(=O)(OC)C(=CC(C)(C)C)C(=O)O. The van der Waals surface area contributed by atoms with Crippen LogP contribution in [0.1, 0.15) is 20.8 Å². The fourth-order valence-electron chi connectivity index (χ4n) is 0.939. The molecule has 0 aromatic heterocycles. The third-order valence-electron chi connectivity index (χ3n) is 1.56. The lowest BCUT2D eigenvalue weighted by Crippen LogP contribution is -2.10. The largest absolute Gasteiger partial charge is 0.477 e. The van der Waals surface area contributed by atoms with Crippen molar-refractivity contribution >= 4 is 13.6 Å². The summed E-state index contributed by atoms with van der Waals surface area (Å²) >= 11 is 0. The van der Waals surface area contributed by atoms with Gasteiger partial charge in [0.15, 0.2) is 0 Å². The number of aliphatic carboxylic acids is 1. The van der Waals surface area contributed by atoms with Crippen LogP contribution in [0.4, 0.5) is 0 Å². The van der Waals surface area contributed by atoms with Crippen molar-refractivity contribution in [3.63, 3.8) is 0 Å². The van der Waals surface area contributed by atoms with E-state index >= 15 is 0 Å². The molecule has 0 aromatic carbocycles. The first-order chi connectivity index (χ1) is 6.66. The Labute approximate surface area is 89.6 Å². The van der Waals surface area contributed by atoms with Gasteiger partial charge in [-0.1, -0.05) is 26.8 Å². The lowest BCUT2D eigenvalue weighted by atomic mass is 9.96. The van der Waals surface area contributed by atoms with Crippen LogP contribution >= 0.6 is 7.60 Å². The molecule has 0 radical (unpaired) electrons. The van der Waals surface area contributed by atoms with E-state index in [9.17, 15) is 9.36 Å². The molecule has 0 bridgehead atoms. The Morgan fingerprint density at radius 3 is 1.87 bits per heavy atom. The van der Waals surface area contributed by atoms with Crippen molar-refractivity contribution in [2.45, 2.75) is 20.8 Å². The Bertz CT molecular complexity index is 305. The summed E-state index contributed by atoms with van der Waals surface area (Å²) in [5.41, 5.74) is -0.416. The van der Waals surface area contributed by atoms with Crippen molar-refractivity contribution in [1.82, 2.24) is 0 Å². The van der Waals surface area contributed by atoms with Crippen LogP contribution in [0.25, 0.3) is 0 Å². The number of carbonyl (C=O) groups is 1.